The summed E-state index contributed by atoms with van der Waals surface area (Å²) in [5.41, 5.74) is 0. The lowest BCUT2D eigenvalue weighted by molar-refractivity contribution is -0.870. The molecular weight excluding hydrogens is 1020 g/mol. The smallest absolute Gasteiger partial charge is 0.456 e. The van der Waals surface area contributed by atoms with Crippen LogP contribution in [0.4, 0.5) is 0 Å². The Morgan fingerprint density at radius 2 is 0.802 bits per heavy atom. The van der Waals surface area contributed by atoms with Crippen molar-refractivity contribution in [1.29, 1.82) is 0 Å². The Hall–Kier alpha value is -3.33. The molecule has 0 aliphatic heterocycles. The van der Waals surface area contributed by atoms with Gasteiger partial charge in [-0.1, -0.05) is 265 Å². The van der Waals surface area contributed by atoms with Crippen LogP contribution in [0.1, 0.15) is 278 Å². The van der Waals surface area contributed by atoms with Crippen LogP contribution in [0.3, 0.4) is 0 Å². The fourth-order valence-corrected chi connectivity index (χ4v) is 9.84. The van der Waals surface area contributed by atoms with Gasteiger partial charge in [0.1, 0.15) is 19.3 Å². The van der Waals surface area contributed by atoms with E-state index in [-0.39, 0.29) is 31.5 Å². The van der Waals surface area contributed by atoms with Gasteiger partial charge in [0, 0.05) is 12.8 Å². The molecule has 0 spiro atoms. The minimum Gasteiger partial charge on any atom is -0.456 e. The van der Waals surface area contributed by atoms with Crippen molar-refractivity contribution in [3.05, 3.63) is 109 Å². The van der Waals surface area contributed by atoms with E-state index in [1.165, 1.54) is 148 Å². The van der Waals surface area contributed by atoms with E-state index in [9.17, 15) is 19.0 Å². The van der Waals surface area contributed by atoms with E-state index >= 15 is 0 Å². The molecule has 2 N–H and O–H groups in total. The Labute approximate surface area is 500 Å². The fourth-order valence-electron chi connectivity index (χ4n) is 9.10. The molecule has 81 heavy (non-hydrogen) atoms. The number of ether oxygens (including phenoxy) is 1. The van der Waals surface area contributed by atoms with Gasteiger partial charge in [0.2, 0.25) is 5.91 Å². The summed E-state index contributed by atoms with van der Waals surface area (Å²) in [6.45, 7) is 6.83. The van der Waals surface area contributed by atoms with Gasteiger partial charge in [-0.3, -0.25) is 18.6 Å². The van der Waals surface area contributed by atoms with E-state index in [1.54, 1.807) is 0 Å². The van der Waals surface area contributed by atoms with Crippen molar-refractivity contribution in [3.63, 3.8) is 0 Å². The van der Waals surface area contributed by atoms with E-state index in [0.717, 1.165) is 89.9 Å². The number of quaternary nitrogens is 1. The van der Waals surface area contributed by atoms with E-state index in [2.05, 4.69) is 123 Å². The normalized spacial score (nSPS) is 14.3. The molecule has 0 aromatic rings. The van der Waals surface area contributed by atoms with Crippen LogP contribution in [0.2, 0.25) is 0 Å². The summed E-state index contributed by atoms with van der Waals surface area (Å²) < 4.78 is 30.7. The number of nitrogens with zero attached hydrogens (tertiary/aromatic N) is 1. The monoisotopic (exact) mass is 1150 g/mol. The summed E-state index contributed by atoms with van der Waals surface area (Å²) in [5.74, 6) is -0.576. The van der Waals surface area contributed by atoms with Crippen molar-refractivity contribution in [2.75, 3.05) is 40.9 Å². The fraction of sp³-hybridized carbons (Fsp3) is 0.718. The number of amides is 1. The Balaban J connectivity index is 5.10. The van der Waals surface area contributed by atoms with Gasteiger partial charge >= 0.3 is 13.8 Å². The second-order valence-corrected chi connectivity index (χ2v) is 24.7. The lowest BCUT2D eigenvalue weighted by Crippen LogP contribution is -2.47. The molecule has 9 nitrogen and oxygen atoms in total. The van der Waals surface area contributed by atoms with Crippen LogP contribution in [0.15, 0.2) is 109 Å². The second kappa shape index (κ2) is 59.8. The van der Waals surface area contributed by atoms with Gasteiger partial charge in [-0.15, -0.1) is 0 Å². The summed E-state index contributed by atoms with van der Waals surface area (Å²) in [6.07, 6.45) is 82.5. The quantitative estimate of drug-likeness (QED) is 0.0205. The number of allylic oxidation sites excluding steroid dienone is 17. The lowest BCUT2D eigenvalue weighted by atomic mass is 10.0. The van der Waals surface area contributed by atoms with E-state index < -0.39 is 20.0 Å². The first-order valence-corrected chi connectivity index (χ1v) is 34.7. The predicted octanol–water partition coefficient (Wildman–Crippen LogP) is 20.9. The maximum absolute atomic E-state index is 13.6. The van der Waals surface area contributed by atoms with Gasteiger partial charge in [0.25, 0.3) is 0 Å². The highest BCUT2D eigenvalue weighted by Crippen LogP contribution is 2.43. The number of hydrogen-bond donors (Lipinski definition) is 2. The van der Waals surface area contributed by atoms with Crippen LogP contribution in [0.25, 0.3) is 0 Å². The third-order valence-electron chi connectivity index (χ3n) is 14.2. The second-order valence-electron chi connectivity index (χ2n) is 23.3. The summed E-state index contributed by atoms with van der Waals surface area (Å²) in [5, 5.41) is 3.04. The third-order valence-corrected chi connectivity index (χ3v) is 15.2. The Morgan fingerprint density at radius 1 is 0.444 bits per heavy atom. The van der Waals surface area contributed by atoms with Gasteiger partial charge in [0.05, 0.1) is 33.8 Å². The molecule has 0 saturated heterocycles. The van der Waals surface area contributed by atoms with Crippen LogP contribution in [-0.4, -0.2) is 74.3 Å². The van der Waals surface area contributed by atoms with Crippen LogP contribution < -0.4 is 5.32 Å². The first-order chi connectivity index (χ1) is 39.4. The van der Waals surface area contributed by atoms with Gasteiger partial charge in [0.15, 0.2) is 0 Å². The first kappa shape index (κ1) is 77.7. The Bertz CT molecular complexity index is 1750. The molecule has 10 heteroatoms. The molecule has 466 valence electrons. The number of carbonyl (C=O) groups is 2. The SMILES string of the molecule is CC/C=C\C/C=C\C/C=C\C/C=C\C/C=C\CCCC(=O)OC(/C=C\CCCCCCCCCCC)C(COP(=O)(O)OCC[N+](C)(C)C)NC(=O)CCCCCCCCCCCCCCCC/C=C\C/C=C\C/C=C\CCCCC. The highest BCUT2D eigenvalue weighted by atomic mass is 31.2. The van der Waals surface area contributed by atoms with E-state index in [1.807, 2.05) is 33.3 Å². The van der Waals surface area contributed by atoms with Crippen LogP contribution >= 0.6 is 7.82 Å². The summed E-state index contributed by atoms with van der Waals surface area (Å²) in [4.78, 5) is 37.7. The predicted molar refractivity (Wildman–Crippen MR) is 350 cm³/mol. The zero-order valence-corrected chi connectivity index (χ0v) is 54.1. The van der Waals surface area contributed by atoms with Crippen molar-refractivity contribution in [3.8, 4) is 0 Å². The molecule has 3 atom stereocenters. The molecule has 0 aliphatic carbocycles. The number of phosphoric ester groups is 1. The molecule has 1 amide bonds. The molecule has 3 unspecified atom stereocenters. The first-order valence-electron chi connectivity index (χ1n) is 33.2. The number of nitrogens with one attached hydrogen (secondary N) is 1. The molecule has 0 radical (unpaired) electrons. The van der Waals surface area contributed by atoms with Crippen LogP contribution in [-0.2, 0) is 27.9 Å². The average molecular weight is 1150 g/mol. The number of hydrogen-bond acceptors (Lipinski definition) is 6. The molecule has 0 aromatic carbocycles. The molecule has 0 aliphatic rings. The number of carbonyl (C=O) groups excluding carboxylic acids is 2. The van der Waals surface area contributed by atoms with Crippen LogP contribution in [0, 0.1) is 0 Å². The summed E-state index contributed by atoms with van der Waals surface area (Å²) >= 11 is 0. The van der Waals surface area contributed by atoms with Crippen LogP contribution in [0.5, 0.6) is 0 Å². The zero-order valence-electron chi connectivity index (χ0n) is 53.2. The molecule has 0 bridgehead atoms. The van der Waals surface area contributed by atoms with Gasteiger partial charge < -0.3 is 19.4 Å². The number of phosphoric acid groups is 1. The molecule has 0 rings (SSSR count). The summed E-state index contributed by atoms with van der Waals surface area (Å²) in [6, 6.07) is -0.878. The minimum absolute atomic E-state index is 0.0269. The van der Waals surface area contributed by atoms with E-state index in [4.69, 9.17) is 13.8 Å². The average Bonchev–Trinajstić information content (AvgIpc) is 3.43. The number of likely N-dealkylation sites (N-methyl/N-ethyl adjacent to an activating group) is 1. The van der Waals surface area contributed by atoms with Crippen molar-refractivity contribution < 1.29 is 37.3 Å². The van der Waals surface area contributed by atoms with Crippen molar-refractivity contribution >= 4 is 19.7 Å². The topological polar surface area (TPSA) is 111 Å². The van der Waals surface area contributed by atoms with Gasteiger partial charge in [-0.25, -0.2) is 4.57 Å². The van der Waals surface area contributed by atoms with Crippen molar-refractivity contribution in [1.82, 2.24) is 5.32 Å². The summed E-state index contributed by atoms with van der Waals surface area (Å²) in [7, 11) is 1.46. The Morgan fingerprint density at radius 3 is 1.23 bits per heavy atom. The number of esters is 1. The maximum Gasteiger partial charge on any atom is 0.472 e. The third kappa shape index (κ3) is 61.1. The van der Waals surface area contributed by atoms with E-state index in [0.29, 0.717) is 23.9 Å². The molecular formula is C71H126N2O7P+. The highest BCUT2D eigenvalue weighted by molar-refractivity contribution is 7.47. The van der Waals surface area contributed by atoms with Gasteiger partial charge in [-0.2, -0.15) is 0 Å². The zero-order chi connectivity index (χ0) is 59.3. The molecule has 0 aromatic heterocycles. The molecule has 0 fully saturated rings. The molecule has 0 saturated carbocycles. The molecule has 0 heterocycles. The Kier molecular flexibility index (Phi) is 57.4. The largest absolute Gasteiger partial charge is 0.472 e. The highest BCUT2D eigenvalue weighted by Gasteiger charge is 2.30. The minimum atomic E-state index is -4.47. The number of rotatable bonds is 59. The lowest BCUT2D eigenvalue weighted by Gasteiger charge is -2.27. The standard InChI is InChI=1S/C71H125N2O7P/c1-7-10-13-16-19-22-25-27-29-31-32-33-34-35-36-37-38-39-40-42-43-45-48-51-54-57-60-63-70(74)72-68(67-79-81(76,77)78-66-65-73(4,5)6)69(62-59-56-53-50-47-24-21-18-15-12-9-3)80-71(75)64-61-58-55-52-49-46-44-41-30-28-26-23-20-17-14-11-8-2/h11,14,19-20,22-23,27-30,32-33,44,46,52,55,59,62,68-69H,7-10,12-13,15-18,21,24-26,31,34-43,45,47-51,53-54,56-58,60-61,63-67H2,1-6H3,(H-,72,74,76,77)/p+1/b14-11-,22-19-,23-20-,29-27-,30-28-,33-32-,46-44-,55-52-,62-59-. The maximum atomic E-state index is 13.6. The number of unbranched alkanes of at least 4 members (excludes halogenated alkanes) is 27. The van der Waals surface area contributed by atoms with Gasteiger partial charge in [-0.05, 0) is 109 Å². The van der Waals surface area contributed by atoms with Crippen molar-refractivity contribution in [2.45, 2.75) is 290 Å². The van der Waals surface area contributed by atoms with Crippen molar-refractivity contribution in [2.24, 2.45) is 0 Å².